The van der Waals surface area contributed by atoms with Crippen LogP contribution >= 0.6 is 31.9 Å². The highest BCUT2D eigenvalue weighted by atomic mass is 79.9. The normalized spacial score (nSPS) is 10.3. The number of aromatic nitrogens is 2. The van der Waals surface area contributed by atoms with Crippen LogP contribution in [0.3, 0.4) is 0 Å². The lowest BCUT2D eigenvalue weighted by Crippen LogP contribution is -2.23. The highest BCUT2D eigenvalue weighted by Crippen LogP contribution is 2.15. The number of rotatable bonds is 4. The van der Waals surface area contributed by atoms with E-state index >= 15 is 0 Å². The summed E-state index contributed by atoms with van der Waals surface area (Å²) in [6.45, 7) is 0.876. The van der Waals surface area contributed by atoms with Gasteiger partial charge in [-0.25, -0.2) is 4.98 Å². The first-order valence-corrected chi connectivity index (χ1v) is 6.84. The Hall–Kier alpha value is -1.14. The van der Waals surface area contributed by atoms with Gasteiger partial charge in [0.15, 0.2) is 0 Å². The predicted molar refractivity (Wildman–Crippen MR) is 75.8 cm³/mol. The van der Waals surface area contributed by atoms with E-state index < -0.39 is 0 Å². The second-order valence-corrected chi connectivity index (χ2v) is 5.31. The molecule has 0 radical (unpaired) electrons. The molecular formula is C12H10Br2N2O2. The Morgan fingerprint density at radius 2 is 1.94 bits per heavy atom. The molecule has 1 aromatic carbocycles. The zero-order valence-corrected chi connectivity index (χ0v) is 12.5. The SMILES string of the molecule is O=c1c(Br)cncn1CCOc1ccc(Br)cc1. The molecule has 0 unspecified atom stereocenters. The van der Waals surface area contributed by atoms with Crippen LogP contribution in [0, 0.1) is 0 Å². The summed E-state index contributed by atoms with van der Waals surface area (Å²) in [4.78, 5) is 15.6. The maximum absolute atomic E-state index is 11.7. The zero-order valence-electron chi connectivity index (χ0n) is 9.35. The summed E-state index contributed by atoms with van der Waals surface area (Å²) in [6, 6.07) is 7.54. The summed E-state index contributed by atoms with van der Waals surface area (Å²) in [5, 5.41) is 0. The fraction of sp³-hybridized carbons (Fsp3) is 0.167. The van der Waals surface area contributed by atoms with E-state index in [2.05, 4.69) is 36.8 Å². The van der Waals surface area contributed by atoms with Crippen molar-refractivity contribution < 1.29 is 4.74 Å². The summed E-state index contributed by atoms with van der Waals surface area (Å²) in [5.41, 5.74) is -0.107. The molecule has 2 aromatic rings. The molecule has 0 saturated carbocycles. The van der Waals surface area contributed by atoms with Gasteiger partial charge in [-0.1, -0.05) is 15.9 Å². The predicted octanol–water partition coefficient (Wildman–Crippen LogP) is 2.85. The fourth-order valence-electron chi connectivity index (χ4n) is 1.38. The van der Waals surface area contributed by atoms with E-state index in [0.29, 0.717) is 17.6 Å². The van der Waals surface area contributed by atoms with Crippen molar-refractivity contribution in [2.45, 2.75) is 6.54 Å². The summed E-state index contributed by atoms with van der Waals surface area (Å²) < 4.78 is 8.49. The van der Waals surface area contributed by atoms with Gasteiger partial charge in [-0.2, -0.15) is 0 Å². The number of benzene rings is 1. The van der Waals surface area contributed by atoms with Gasteiger partial charge in [0.2, 0.25) is 0 Å². The van der Waals surface area contributed by atoms with Crippen LogP contribution in [-0.2, 0) is 6.54 Å². The Morgan fingerprint density at radius 3 is 2.67 bits per heavy atom. The van der Waals surface area contributed by atoms with Gasteiger partial charge in [0.05, 0.1) is 12.9 Å². The van der Waals surface area contributed by atoms with Gasteiger partial charge < -0.3 is 4.74 Å². The lowest BCUT2D eigenvalue weighted by Gasteiger charge is -2.08. The van der Waals surface area contributed by atoms with E-state index in [1.54, 1.807) is 0 Å². The molecule has 1 heterocycles. The average molecular weight is 374 g/mol. The number of hydrogen-bond donors (Lipinski definition) is 0. The maximum Gasteiger partial charge on any atom is 0.267 e. The number of halogens is 2. The molecule has 0 saturated heterocycles. The van der Waals surface area contributed by atoms with Crippen molar-refractivity contribution in [1.29, 1.82) is 0 Å². The molecule has 0 aliphatic carbocycles. The third-order valence-corrected chi connectivity index (χ3v) is 3.35. The van der Waals surface area contributed by atoms with Crippen LogP contribution in [-0.4, -0.2) is 16.2 Å². The first-order chi connectivity index (χ1) is 8.66. The van der Waals surface area contributed by atoms with Crippen LogP contribution in [0.5, 0.6) is 5.75 Å². The molecule has 6 heteroatoms. The van der Waals surface area contributed by atoms with E-state index in [9.17, 15) is 4.79 Å². The van der Waals surface area contributed by atoms with Crippen molar-refractivity contribution in [2.75, 3.05) is 6.61 Å². The molecule has 0 aliphatic heterocycles. The third-order valence-electron chi connectivity index (χ3n) is 2.27. The highest BCUT2D eigenvalue weighted by molar-refractivity contribution is 9.10. The molecule has 94 valence electrons. The standard InChI is InChI=1S/C12H10Br2N2O2/c13-9-1-3-10(4-2-9)18-6-5-16-8-15-7-11(14)12(16)17/h1-4,7-8H,5-6H2. The first-order valence-electron chi connectivity index (χ1n) is 5.25. The lowest BCUT2D eigenvalue weighted by atomic mass is 10.3. The van der Waals surface area contributed by atoms with Gasteiger partial charge in [0.25, 0.3) is 5.56 Å². The molecular weight excluding hydrogens is 364 g/mol. The number of ether oxygens (including phenoxy) is 1. The van der Waals surface area contributed by atoms with E-state index in [0.717, 1.165) is 10.2 Å². The minimum atomic E-state index is -0.107. The molecule has 0 spiro atoms. The fourth-order valence-corrected chi connectivity index (χ4v) is 1.99. The Kier molecular flexibility index (Phi) is 4.54. The highest BCUT2D eigenvalue weighted by Gasteiger charge is 2.01. The molecule has 0 bridgehead atoms. The van der Waals surface area contributed by atoms with Crippen LogP contribution in [0.1, 0.15) is 0 Å². The van der Waals surface area contributed by atoms with E-state index in [4.69, 9.17) is 4.74 Å². The monoisotopic (exact) mass is 372 g/mol. The van der Waals surface area contributed by atoms with Gasteiger partial charge >= 0.3 is 0 Å². The molecule has 2 rings (SSSR count). The van der Waals surface area contributed by atoms with E-state index in [-0.39, 0.29) is 5.56 Å². The molecule has 4 nitrogen and oxygen atoms in total. The Morgan fingerprint density at radius 1 is 1.22 bits per heavy atom. The lowest BCUT2D eigenvalue weighted by molar-refractivity contribution is 0.295. The molecule has 18 heavy (non-hydrogen) atoms. The van der Waals surface area contributed by atoms with Crippen LogP contribution in [0.2, 0.25) is 0 Å². The van der Waals surface area contributed by atoms with Crippen LogP contribution in [0.25, 0.3) is 0 Å². The summed E-state index contributed by atoms with van der Waals surface area (Å²) >= 11 is 6.50. The quantitative estimate of drug-likeness (QED) is 0.827. The van der Waals surface area contributed by atoms with Gasteiger partial charge in [0.1, 0.15) is 16.8 Å². The smallest absolute Gasteiger partial charge is 0.267 e. The van der Waals surface area contributed by atoms with Crippen molar-refractivity contribution in [3.05, 3.63) is 56.1 Å². The van der Waals surface area contributed by atoms with Crippen molar-refractivity contribution in [3.63, 3.8) is 0 Å². The van der Waals surface area contributed by atoms with Gasteiger partial charge in [0, 0.05) is 10.7 Å². The maximum atomic E-state index is 11.7. The van der Waals surface area contributed by atoms with Crippen molar-refractivity contribution in [2.24, 2.45) is 0 Å². The second-order valence-electron chi connectivity index (χ2n) is 3.54. The van der Waals surface area contributed by atoms with Crippen molar-refractivity contribution in [3.8, 4) is 5.75 Å². The molecule has 0 N–H and O–H groups in total. The topological polar surface area (TPSA) is 44.1 Å². The molecule has 1 aromatic heterocycles. The Labute approximate surface area is 121 Å². The number of hydrogen-bond acceptors (Lipinski definition) is 3. The van der Waals surface area contributed by atoms with Gasteiger partial charge in [-0.05, 0) is 40.2 Å². The summed E-state index contributed by atoms with van der Waals surface area (Å²) in [5.74, 6) is 0.772. The molecule has 0 atom stereocenters. The van der Waals surface area contributed by atoms with Gasteiger partial charge in [-0.15, -0.1) is 0 Å². The number of nitrogens with zero attached hydrogens (tertiary/aromatic N) is 2. The van der Waals surface area contributed by atoms with Crippen molar-refractivity contribution in [1.82, 2.24) is 9.55 Å². The minimum Gasteiger partial charge on any atom is -0.492 e. The molecule has 0 fully saturated rings. The molecule has 0 amide bonds. The summed E-state index contributed by atoms with van der Waals surface area (Å²) in [7, 11) is 0. The Balaban J connectivity index is 1.94. The second kappa shape index (κ2) is 6.15. The minimum absolute atomic E-state index is 0.107. The largest absolute Gasteiger partial charge is 0.492 e. The molecule has 0 aliphatic rings. The van der Waals surface area contributed by atoms with E-state index in [1.807, 2.05) is 24.3 Å². The first kappa shape index (κ1) is 13.3. The van der Waals surface area contributed by atoms with Crippen molar-refractivity contribution >= 4 is 31.9 Å². The zero-order chi connectivity index (χ0) is 13.0. The van der Waals surface area contributed by atoms with Crippen LogP contribution in [0.15, 0.2) is 50.5 Å². The third kappa shape index (κ3) is 3.43. The van der Waals surface area contributed by atoms with Crippen LogP contribution < -0.4 is 10.3 Å². The van der Waals surface area contributed by atoms with E-state index in [1.165, 1.54) is 17.1 Å². The average Bonchev–Trinajstić information content (AvgIpc) is 2.37. The van der Waals surface area contributed by atoms with Gasteiger partial charge in [-0.3, -0.25) is 9.36 Å². The Bertz CT molecular complexity index is 581. The summed E-state index contributed by atoms with van der Waals surface area (Å²) in [6.07, 6.45) is 2.98. The van der Waals surface area contributed by atoms with Crippen LogP contribution in [0.4, 0.5) is 0 Å².